The lowest BCUT2D eigenvalue weighted by Gasteiger charge is -2.28. The molecular formula is C17H17NO2. The molecule has 0 radical (unpaired) electrons. The standard InChI is InChI=1S/C17H17NO2/c19-17(20)9-12-8-14(11-18-10-12)16-7-2-1-6-15(16)13-4-3-5-13/h1-2,6-8,10-11,13H,3-5,9H2,(H,19,20). The van der Waals surface area contributed by atoms with Crippen LogP contribution in [0.15, 0.2) is 42.7 Å². The van der Waals surface area contributed by atoms with E-state index in [4.69, 9.17) is 5.11 Å². The number of aromatic nitrogens is 1. The summed E-state index contributed by atoms with van der Waals surface area (Å²) in [5, 5.41) is 8.89. The highest BCUT2D eigenvalue weighted by molar-refractivity contribution is 5.72. The van der Waals surface area contributed by atoms with Crippen LogP contribution in [0.4, 0.5) is 0 Å². The van der Waals surface area contributed by atoms with Gasteiger partial charge in [0.25, 0.3) is 0 Å². The van der Waals surface area contributed by atoms with Crippen molar-refractivity contribution in [3.63, 3.8) is 0 Å². The lowest BCUT2D eigenvalue weighted by Crippen LogP contribution is -2.10. The van der Waals surface area contributed by atoms with Crippen molar-refractivity contribution in [2.75, 3.05) is 0 Å². The van der Waals surface area contributed by atoms with Gasteiger partial charge in [0.15, 0.2) is 0 Å². The van der Waals surface area contributed by atoms with Crippen molar-refractivity contribution in [3.8, 4) is 11.1 Å². The topological polar surface area (TPSA) is 50.2 Å². The highest BCUT2D eigenvalue weighted by Gasteiger charge is 2.22. The van der Waals surface area contributed by atoms with Crippen molar-refractivity contribution in [2.45, 2.75) is 31.6 Å². The SMILES string of the molecule is O=C(O)Cc1cncc(-c2ccccc2C2CCC2)c1. The summed E-state index contributed by atoms with van der Waals surface area (Å²) >= 11 is 0. The highest BCUT2D eigenvalue weighted by atomic mass is 16.4. The van der Waals surface area contributed by atoms with Crippen LogP contribution < -0.4 is 0 Å². The Morgan fingerprint density at radius 1 is 1.25 bits per heavy atom. The molecular weight excluding hydrogens is 250 g/mol. The van der Waals surface area contributed by atoms with Crippen molar-refractivity contribution in [2.24, 2.45) is 0 Å². The summed E-state index contributed by atoms with van der Waals surface area (Å²) in [6.07, 6.45) is 7.27. The Balaban J connectivity index is 1.98. The molecule has 1 aromatic carbocycles. The van der Waals surface area contributed by atoms with Crippen molar-refractivity contribution in [1.82, 2.24) is 4.98 Å². The van der Waals surface area contributed by atoms with Gasteiger partial charge >= 0.3 is 5.97 Å². The number of benzene rings is 1. The molecule has 102 valence electrons. The van der Waals surface area contributed by atoms with E-state index in [0.29, 0.717) is 5.92 Å². The predicted octanol–water partition coefficient (Wildman–Crippen LogP) is 3.64. The molecule has 3 rings (SSSR count). The van der Waals surface area contributed by atoms with Gasteiger partial charge in [0.05, 0.1) is 6.42 Å². The summed E-state index contributed by atoms with van der Waals surface area (Å²) < 4.78 is 0. The van der Waals surface area contributed by atoms with Gasteiger partial charge in [0.1, 0.15) is 0 Å². The van der Waals surface area contributed by atoms with Crippen LogP contribution in [-0.2, 0) is 11.2 Å². The van der Waals surface area contributed by atoms with Crippen LogP contribution in [0.2, 0.25) is 0 Å². The summed E-state index contributed by atoms with van der Waals surface area (Å²) in [5.74, 6) is -0.175. The highest BCUT2D eigenvalue weighted by Crippen LogP contribution is 2.40. The molecule has 1 fully saturated rings. The zero-order chi connectivity index (χ0) is 13.9. The minimum atomic E-state index is -0.823. The lowest BCUT2D eigenvalue weighted by molar-refractivity contribution is -0.136. The maximum atomic E-state index is 10.8. The molecule has 2 aromatic rings. The van der Waals surface area contributed by atoms with Crippen LogP contribution in [0, 0.1) is 0 Å². The van der Waals surface area contributed by atoms with E-state index in [9.17, 15) is 4.79 Å². The van der Waals surface area contributed by atoms with Gasteiger partial charge < -0.3 is 5.11 Å². The minimum Gasteiger partial charge on any atom is -0.481 e. The van der Waals surface area contributed by atoms with E-state index in [2.05, 4.69) is 23.2 Å². The van der Waals surface area contributed by atoms with Crippen LogP contribution in [-0.4, -0.2) is 16.1 Å². The number of aliphatic carboxylic acids is 1. The number of rotatable bonds is 4. The lowest BCUT2D eigenvalue weighted by atomic mass is 9.77. The van der Waals surface area contributed by atoms with Gasteiger partial charge in [-0.1, -0.05) is 30.7 Å². The number of nitrogens with zero attached hydrogens (tertiary/aromatic N) is 1. The molecule has 0 bridgehead atoms. The molecule has 0 atom stereocenters. The summed E-state index contributed by atoms with van der Waals surface area (Å²) in [6, 6.07) is 10.3. The first-order valence-corrected chi connectivity index (χ1v) is 6.99. The minimum absolute atomic E-state index is 0.0203. The zero-order valence-corrected chi connectivity index (χ0v) is 11.2. The van der Waals surface area contributed by atoms with E-state index in [-0.39, 0.29) is 6.42 Å². The van der Waals surface area contributed by atoms with Crippen molar-refractivity contribution < 1.29 is 9.90 Å². The molecule has 1 aliphatic carbocycles. The number of carboxylic acids is 1. The average Bonchev–Trinajstić information content (AvgIpc) is 2.37. The largest absolute Gasteiger partial charge is 0.481 e. The quantitative estimate of drug-likeness (QED) is 0.920. The van der Waals surface area contributed by atoms with Gasteiger partial charge in [0.2, 0.25) is 0 Å². The van der Waals surface area contributed by atoms with E-state index >= 15 is 0 Å². The van der Waals surface area contributed by atoms with Crippen LogP contribution in [0.5, 0.6) is 0 Å². The molecule has 0 saturated heterocycles. The molecule has 3 heteroatoms. The third-order valence-corrected chi connectivity index (χ3v) is 3.97. The Kier molecular flexibility index (Phi) is 3.50. The fraction of sp³-hybridized carbons (Fsp3) is 0.294. The Morgan fingerprint density at radius 3 is 2.75 bits per heavy atom. The summed E-state index contributed by atoms with van der Waals surface area (Å²) in [4.78, 5) is 15.0. The summed E-state index contributed by atoms with van der Waals surface area (Å²) in [6.45, 7) is 0. The fourth-order valence-electron chi connectivity index (χ4n) is 2.74. The van der Waals surface area contributed by atoms with E-state index in [1.165, 1.54) is 30.4 Å². The molecule has 0 aliphatic heterocycles. The summed E-state index contributed by atoms with van der Waals surface area (Å²) in [7, 11) is 0. The molecule has 1 saturated carbocycles. The maximum Gasteiger partial charge on any atom is 0.307 e. The Labute approximate surface area is 118 Å². The molecule has 1 N–H and O–H groups in total. The Morgan fingerprint density at radius 2 is 2.05 bits per heavy atom. The average molecular weight is 267 g/mol. The van der Waals surface area contributed by atoms with Crippen molar-refractivity contribution >= 4 is 5.97 Å². The van der Waals surface area contributed by atoms with E-state index in [1.54, 1.807) is 6.20 Å². The van der Waals surface area contributed by atoms with Gasteiger partial charge in [-0.3, -0.25) is 9.78 Å². The van der Waals surface area contributed by atoms with Gasteiger partial charge in [-0.15, -0.1) is 0 Å². The van der Waals surface area contributed by atoms with Crippen LogP contribution in [0.25, 0.3) is 11.1 Å². The molecule has 3 nitrogen and oxygen atoms in total. The van der Waals surface area contributed by atoms with Gasteiger partial charge in [-0.05, 0) is 41.5 Å². The number of carboxylic acid groups (broad SMARTS) is 1. The third kappa shape index (κ3) is 2.57. The number of hydrogen-bond donors (Lipinski definition) is 1. The van der Waals surface area contributed by atoms with E-state index in [1.807, 2.05) is 18.3 Å². The van der Waals surface area contributed by atoms with Crippen LogP contribution in [0.1, 0.15) is 36.3 Å². The molecule has 0 unspecified atom stereocenters. The normalized spacial score (nSPS) is 14.8. The van der Waals surface area contributed by atoms with Gasteiger partial charge in [0, 0.05) is 18.0 Å². The molecule has 0 amide bonds. The van der Waals surface area contributed by atoms with Crippen LogP contribution >= 0.6 is 0 Å². The second-order valence-corrected chi connectivity index (χ2v) is 5.37. The number of pyridine rings is 1. The molecule has 20 heavy (non-hydrogen) atoms. The van der Waals surface area contributed by atoms with Crippen molar-refractivity contribution in [1.29, 1.82) is 0 Å². The first-order chi connectivity index (χ1) is 9.74. The van der Waals surface area contributed by atoms with Crippen LogP contribution in [0.3, 0.4) is 0 Å². The molecule has 1 heterocycles. The number of carbonyl (C=O) groups is 1. The second kappa shape index (κ2) is 5.45. The van der Waals surface area contributed by atoms with Gasteiger partial charge in [-0.2, -0.15) is 0 Å². The smallest absolute Gasteiger partial charge is 0.307 e. The van der Waals surface area contributed by atoms with E-state index in [0.717, 1.165) is 11.1 Å². The molecule has 1 aliphatic rings. The van der Waals surface area contributed by atoms with E-state index < -0.39 is 5.97 Å². The number of hydrogen-bond acceptors (Lipinski definition) is 2. The zero-order valence-electron chi connectivity index (χ0n) is 11.2. The molecule has 1 aromatic heterocycles. The van der Waals surface area contributed by atoms with Crippen molar-refractivity contribution in [3.05, 3.63) is 53.9 Å². The predicted molar refractivity (Wildman–Crippen MR) is 77.6 cm³/mol. The monoisotopic (exact) mass is 267 g/mol. The Bertz CT molecular complexity index is 632. The second-order valence-electron chi connectivity index (χ2n) is 5.37. The van der Waals surface area contributed by atoms with Gasteiger partial charge in [-0.25, -0.2) is 0 Å². The molecule has 0 spiro atoms. The third-order valence-electron chi connectivity index (χ3n) is 3.97. The summed E-state index contributed by atoms with van der Waals surface area (Å²) in [5.41, 5.74) is 4.33. The maximum absolute atomic E-state index is 10.8. The first-order valence-electron chi connectivity index (χ1n) is 6.99. The first kappa shape index (κ1) is 12.9. The fourth-order valence-corrected chi connectivity index (χ4v) is 2.74. The Hall–Kier alpha value is -2.16.